The van der Waals surface area contributed by atoms with Crippen molar-refractivity contribution in [2.75, 3.05) is 6.54 Å². The Morgan fingerprint density at radius 2 is 1.68 bits per heavy atom. The molecular formula is C24H19FN2O. The maximum absolute atomic E-state index is 14.0. The molecule has 1 aliphatic rings. The predicted octanol–water partition coefficient (Wildman–Crippen LogP) is 5.17. The lowest BCUT2D eigenvalue weighted by Crippen LogP contribution is -2.35. The molecule has 1 aromatic heterocycles. The van der Waals surface area contributed by atoms with Crippen LogP contribution in [0.2, 0.25) is 0 Å². The zero-order chi connectivity index (χ0) is 19.1. The van der Waals surface area contributed by atoms with Gasteiger partial charge in [0.1, 0.15) is 5.82 Å². The molecule has 0 atom stereocenters. The summed E-state index contributed by atoms with van der Waals surface area (Å²) >= 11 is 0. The molecule has 0 bridgehead atoms. The maximum atomic E-state index is 14.0. The van der Waals surface area contributed by atoms with E-state index in [9.17, 15) is 9.18 Å². The first kappa shape index (κ1) is 16.8. The number of nitrogens with zero attached hydrogens (tertiary/aromatic N) is 1. The van der Waals surface area contributed by atoms with Gasteiger partial charge >= 0.3 is 0 Å². The average Bonchev–Trinajstić information content (AvgIpc) is 3.11. The number of hydrogen-bond donors (Lipinski definition) is 1. The maximum Gasteiger partial charge on any atom is 0.254 e. The molecule has 0 saturated carbocycles. The molecule has 2 heterocycles. The van der Waals surface area contributed by atoms with E-state index in [2.05, 4.69) is 17.1 Å². The van der Waals surface area contributed by atoms with E-state index in [1.165, 1.54) is 17.0 Å². The van der Waals surface area contributed by atoms with E-state index in [1.807, 2.05) is 35.2 Å². The third kappa shape index (κ3) is 2.78. The molecule has 3 aromatic carbocycles. The van der Waals surface area contributed by atoms with Crippen molar-refractivity contribution in [3.8, 4) is 11.1 Å². The predicted molar refractivity (Wildman–Crippen MR) is 109 cm³/mol. The number of amides is 1. The lowest BCUT2D eigenvalue weighted by Gasteiger charge is -2.27. The highest BCUT2D eigenvalue weighted by molar-refractivity contribution is 5.95. The molecule has 3 nitrogen and oxygen atoms in total. The van der Waals surface area contributed by atoms with Crippen molar-refractivity contribution in [2.24, 2.45) is 0 Å². The summed E-state index contributed by atoms with van der Waals surface area (Å²) in [6.07, 6.45) is 0.846. The smallest absolute Gasteiger partial charge is 0.254 e. The molecule has 4 aromatic rings. The van der Waals surface area contributed by atoms with E-state index in [4.69, 9.17) is 0 Å². The van der Waals surface area contributed by atoms with Gasteiger partial charge in [0.25, 0.3) is 5.91 Å². The van der Waals surface area contributed by atoms with Crippen molar-refractivity contribution in [2.45, 2.75) is 13.0 Å². The second kappa shape index (κ2) is 6.64. The highest BCUT2D eigenvalue weighted by atomic mass is 19.1. The second-order valence-electron chi connectivity index (χ2n) is 7.16. The summed E-state index contributed by atoms with van der Waals surface area (Å²) in [5, 5.41) is 1.25. The molecule has 1 N–H and O–H groups in total. The van der Waals surface area contributed by atoms with Crippen molar-refractivity contribution in [1.29, 1.82) is 0 Å². The first-order valence-electron chi connectivity index (χ1n) is 9.43. The number of carbonyl (C=O) groups is 1. The van der Waals surface area contributed by atoms with Crippen molar-refractivity contribution in [1.82, 2.24) is 9.88 Å². The van der Waals surface area contributed by atoms with Crippen molar-refractivity contribution in [3.05, 3.63) is 95.4 Å². The first-order chi connectivity index (χ1) is 13.7. The Labute approximate surface area is 162 Å². The molecule has 28 heavy (non-hydrogen) atoms. The van der Waals surface area contributed by atoms with Gasteiger partial charge in [0, 0.05) is 34.3 Å². The van der Waals surface area contributed by atoms with Crippen LogP contribution in [0.5, 0.6) is 0 Å². The molecule has 0 aliphatic carbocycles. The van der Waals surface area contributed by atoms with Crippen LogP contribution in [0.1, 0.15) is 21.6 Å². The summed E-state index contributed by atoms with van der Waals surface area (Å²) in [5.74, 6) is -0.256. The number of aromatic nitrogens is 1. The Bertz CT molecular complexity index is 1180. The van der Waals surface area contributed by atoms with Gasteiger partial charge in [-0.3, -0.25) is 4.79 Å². The summed E-state index contributed by atoms with van der Waals surface area (Å²) in [6.45, 7) is 1.28. The SMILES string of the molecule is O=C(c1ccc(-c2ccccc2F)cc1)N1CCc2c([nH]c3ccccc23)C1. The summed E-state index contributed by atoms with van der Waals surface area (Å²) in [7, 11) is 0. The number of para-hydroxylation sites is 1. The van der Waals surface area contributed by atoms with Gasteiger partial charge in [0.2, 0.25) is 0 Å². The standard InChI is InChI=1S/C24H19FN2O/c25-21-7-3-1-5-18(21)16-9-11-17(12-10-16)24(28)27-14-13-20-19-6-2-4-8-22(19)26-23(20)15-27/h1-12,26H,13-15H2. The molecular weight excluding hydrogens is 351 g/mol. The van der Waals surface area contributed by atoms with Crippen LogP contribution in [-0.4, -0.2) is 22.3 Å². The minimum atomic E-state index is -0.260. The highest BCUT2D eigenvalue weighted by Crippen LogP contribution is 2.28. The normalized spacial score (nSPS) is 13.5. The monoisotopic (exact) mass is 370 g/mol. The van der Waals surface area contributed by atoms with Crippen LogP contribution in [0.15, 0.2) is 72.8 Å². The summed E-state index contributed by atoms with van der Waals surface area (Å²) in [5.41, 5.74) is 5.49. The van der Waals surface area contributed by atoms with Gasteiger partial charge in [0.15, 0.2) is 0 Å². The average molecular weight is 370 g/mol. The Morgan fingerprint density at radius 3 is 2.50 bits per heavy atom. The number of hydrogen-bond acceptors (Lipinski definition) is 1. The van der Waals surface area contributed by atoms with Crippen LogP contribution >= 0.6 is 0 Å². The van der Waals surface area contributed by atoms with Gasteiger partial charge in [-0.05, 0) is 41.8 Å². The van der Waals surface area contributed by atoms with E-state index < -0.39 is 0 Å². The topological polar surface area (TPSA) is 36.1 Å². The van der Waals surface area contributed by atoms with Crippen LogP contribution in [-0.2, 0) is 13.0 Å². The fraction of sp³-hybridized carbons (Fsp3) is 0.125. The number of fused-ring (bicyclic) bond motifs is 3. The van der Waals surface area contributed by atoms with E-state index in [1.54, 1.807) is 24.3 Å². The zero-order valence-corrected chi connectivity index (χ0v) is 15.3. The van der Waals surface area contributed by atoms with Gasteiger partial charge in [-0.25, -0.2) is 4.39 Å². The Kier molecular flexibility index (Phi) is 3.97. The molecule has 1 amide bonds. The largest absolute Gasteiger partial charge is 0.357 e. The molecule has 4 heteroatoms. The molecule has 0 radical (unpaired) electrons. The van der Waals surface area contributed by atoms with Gasteiger partial charge in [-0.1, -0.05) is 48.5 Å². The summed E-state index contributed by atoms with van der Waals surface area (Å²) in [4.78, 5) is 18.3. The van der Waals surface area contributed by atoms with Crippen LogP contribution in [0.4, 0.5) is 4.39 Å². The van der Waals surface area contributed by atoms with Crippen LogP contribution in [0.25, 0.3) is 22.0 Å². The van der Waals surface area contributed by atoms with E-state index in [-0.39, 0.29) is 11.7 Å². The van der Waals surface area contributed by atoms with Crippen LogP contribution < -0.4 is 0 Å². The second-order valence-corrected chi connectivity index (χ2v) is 7.16. The minimum Gasteiger partial charge on any atom is -0.357 e. The highest BCUT2D eigenvalue weighted by Gasteiger charge is 2.24. The van der Waals surface area contributed by atoms with Gasteiger partial charge in [-0.2, -0.15) is 0 Å². The Balaban J connectivity index is 1.39. The van der Waals surface area contributed by atoms with Crippen molar-refractivity contribution >= 4 is 16.8 Å². The van der Waals surface area contributed by atoms with E-state index in [0.717, 1.165) is 23.2 Å². The number of H-pyrrole nitrogens is 1. The first-order valence-corrected chi connectivity index (χ1v) is 9.43. The fourth-order valence-electron chi connectivity index (χ4n) is 4.04. The lowest BCUT2D eigenvalue weighted by molar-refractivity contribution is 0.0733. The van der Waals surface area contributed by atoms with Crippen LogP contribution in [0, 0.1) is 5.82 Å². The summed E-state index contributed by atoms with van der Waals surface area (Å²) < 4.78 is 14.0. The zero-order valence-electron chi connectivity index (χ0n) is 15.3. The van der Waals surface area contributed by atoms with Gasteiger partial charge in [-0.15, -0.1) is 0 Å². The van der Waals surface area contributed by atoms with Crippen molar-refractivity contribution < 1.29 is 9.18 Å². The van der Waals surface area contributed by atoms with Gasteiger partial charge < -0.3 is 9.88 Å². The number of aromatic amines is 1. The van der Waals surface area contributed by atoms with Gasteiger partial charge in [0.05, 0.1) is 6.54 Å². The molecule has 0 unspecified atom stereocenters. The number of carbonyl (C=O) groups excluding carboxylic acids is 1. The number of nitrogens with one attached hydrogen (secondary N) is 1. The Morgan fingerprint density at radius 1 is 0.929 bits per heavy atom. The third-order valence-corrected chi connectivity index (χ3v) is 5.49. The van der Waals surface area contributed by atoms with E-state index >= 15 is 0 Å². The van der Waals surface area contributed by atoms with E-state index in [0.29, 0.717) is 24.2 Å². The molecule has 0 spiro atoms. The fourth-order valence-corrected chi connectivity index (χ4v) is 4.04. The quantitative estimate of drug-likeness (QED) is 0.519. The lowest BCUT2D eigenvalue weighted by atomic mass is 10.0. The number of rotatable bonds is 2. The Hall–Kier alpha value is -3.40. The molecule has 5 rings (SSSR count). The minimum absolute atomic E-state index is 0.00406. The summed E-state index contributed by atoms with van der Waals surface area (Å²) in [6, 6.07) is 22.1. The number of benzene rings is 3. The third-order valence-electron chi connectivity index (χ3n) is 5.49. The molecule has 0 fully saturated rings. The molecule has 1 aliphatic heterocycles. The molecule has 138 valence electrons. The molecule has 0 saturated heterocycles. The van der Waals surface area contributed by atoms with Crippen LogP contribution in [0.3, 0.4) is 0 Å². The van der Waals surface area contributed by atoms with Crippen molar-refractivity contribution in [3.63, 3.8) is 0 Å². The number of halogens is 1.